The van der Waals surface area contributed by atoms with Crippen LogP contribution in [-0.4, -0.2) is 50.5 Å². The number of aromatic nitrogens is 3. The van der Waals surface area contributed by atoms with E-state index in [2.05, 4.69) is 9.88 Å². The molecule has 1 amide bonds. The summed E-state index contributed by atoms with van der Waals surface area (Å²) in [5, 5.41) is 0. The first-order chi connectivity index (χ1) is 14.5. The Morgan fingerprint density at radius 3 is 2.60 bits per heavy atom. The van der Waals surface area contributed by atoms with Crippen LogP contribution in [0.5, 0.6) is 0 Å². The Kier molecular flexibility index (Phi) is 4.34. The van der Waals surface area contributed by atoms with Crippen LogP contribution in [0.3, 0.4) is 0 Å². The lowest BCUT2D eigenvalue weighted by Gasteiger charge is -2.35. The highest BCUT2D eigenvalue weighted by Gasteiger charge is 2.46. The Morgan fingerprint density at radius 2 is 1.90 bits per heavy atom. The largest absolute Gasteiger partial charge is 0.335 e. The second-order valence-electron chi connectivity index (χ2n) is 7.74. The number of amides is 1. The molecule has 0 aliphatic carbocycles. The van der Waals surface area contributed by atoms with E-state index in [4.69, 9.17) is 4.98 Å². The number of hydrogen-bond donors (Lipinski definition) is 0. The second kappa shape index (κ2) is 7.05. The fraction of sp³-hybridized carbons (Fsp3) is 0.273. The van der Waals surface area contributed by atoms with Crippen LogP contribution in [0.1, 0.15) is 16.8 Å². The molecule has 1 unspecified atom stereocenters. The SMILES string of the molecule is Cn1c(N2C[C@@H]3CC2CN3C(=O)c2cccc(F)c2)nc(-c2ccncc2)cc1=O. The number of benzene rings is 1. The highest BCUT2D eigenvalue weighted by molar-refractivity contribution is 5.95. The lowest BCUT2D eigenvalue weighted by atomic mass is 10.1. The van der Waals surface area contributed by atoms with Gasteiger partial charge in [0.15, 0.2) is 0 Å². The van der Waals surface area contributed by atoms with Gasteiger partial charge in [0.05, 0.1) is 17.8 Å². The molecule has 0 saturated carbocycles. The average Bonchev–Trinajstić information content (AvgIpc) is 3.36. The molecule has 0 N–H and O–H groups in total. The molecule has 2 aromatic heterocycles. The van der Waals surface area contributed by atoms with Crippen LogP contribution in [0.25, 0.3) is 11.3 Å². The van der Waals surface area contributed by atoms with Crippen LogP contribution < -0.4 is 10.5 Å². The minimum atomic E-state index is -0.418. The Hall–Kier alpha value is -3.55. The van der Waals surface area contributed by atoms with Crippen LogP contribution in [0.15, 0.2) is 59.7 Å². The van der Waals surface area contributed by atoms with E-state index in [9.17, 15) is 14.0 Å². The zero-order chi connectivity index (χ0) is 20.8. The topological polar surface area (TPSA) is 71.3 Å². The maximum absolute atomic E-state index is 13.5. The van der Waals surface area contributed by atoms with E-state index in [0.717, 1.165) is 12.0 Å². The van der Waals surface area contributed by atoms with Gasteiger partial charge < -0.3 is 9.80 Å². The summed E-state index contributed by atoms with van der Waals surface area (Å²) in [5.41, 5.74) is 1.66. The molecule has 2 aliphatic heterocycles. The summed E-state index contributed by atoms with van der Waals surface area (Å²) >= 11 is 0. The molecule has 30 heavy (non-hydrogen) atoms. The molecule has 0 spiro atoms. The van der Waals surface area contributed by atoms with Gasteiger partial charge in [-0.2, -0.15) is 0 Å². The molecule has 2 atom stereocenters. The third-order valence-electron chi connectivity index (χ3n) is 5.92. The Morgan fingerprint density at radius 1 is 1.10 bits per heavy atom. The molecule has 5 rings (SSSR count). The molecule has 4 heterocycles. The number of carbonyl (C=O) groups is 1. The maximum Gasteiger partial charge on any atom is 0.255 e. The van der Waals surface area contributed by atoms with Crippen molar-refractivity contribution in [1.82, 2.24) is 19.4 Å². The van der Waals surface area contributed by atoms with Crippen LogP contribution in [0.4, 0.5) is 10.3 Å². The summed E-state index contributed by atoms with van der Waals surface area (Å²) in [4.78, 5) is 38.1. The minimum Gasteiger partial charge on any atom is -0.335 e. The molecule has 152 valence electrons. The molecule has 2 saturated heterocycles. The van der Waals surface area contributed by atoms with Gasteiger partial charge in [-0.15, -0.1) is 0 Å². The van der Waals surface area contributed by atoms with Crippen LogP contribution in [0, 0.1) is 5.82 Å². The molecular formula is C22H20FN5O2. The molecular weight excluding hydrogens is 385 g/mol. The number of likely N-dealkylation sites (tertiary alicyclic amines) is 1. The molecule has 1 aromatic carbocycles. The van der Waals surface area contributed by atoms with Crippen molar-refractivity contribution in [3.8, 4) is 11.3 Å². The van der Waals surface area contributed by atoms with Crippen molar-refractivity contribution >= 4 is 11.9 Å². The van der Waals surface area contributed by atoms with Gasteiger partial charge in [-0.3, -0.25) is 19.1 Å². The number of halogens is 1. The lowest BCUT2D eigenvalue weighted by Crippen LogP contribution is -2.50. The average molecular weight is 405 g/mol. The van der Waals surface area contributed by atoms with Gasteiger partial charge in [0.1, 0.15) is 5.82 Å². The summed E-state index contributed by atoms with van der Waals surface area (Å²) in [6, 6.07) is 11.0. The Labute approximate surface area is 172 Å². The molecule has 2 aliphatic rings. The van der Waals surface area contributed by atoms with Crippen molar-refractivity contribution in [2.45, 2.75) is 18.5 Å². The van der Waals surface area contributed by atoms with E-state index in [1.807, 2.05) is 12.1 Å². The van der Waals surface area contributed by atoms with Crippen LogP contribution >= 0.6 is 0 Å². The number of pyridine rings is 1. The van der Waals surface area contributed by atoms with Crippen LogP contribution in [0.2, 0.25) is 0 Å². The second-order valence-corrected chi connectivity index (χ2v) is 7.74. The van der Waals surface area contributed by atoms with Gasteiger partial charge in [-0.25, -0.2) is 9.37 Å². The first-order valence-electron chi connectivity index (χ1n) is 9.83. The van der Waals surface area contributed by atoms with Gasteiger partial charge in [0.2, 0.25) is 5.95 Å². The number of hydrogen-bond acceptors (Lipinski definition) is 5. The summed E-state index contributed by atoms with van der Waals surface area (Å²) in [7, 11) is 1.71. The fourth-order valence-electron chi connectivity index (χ4n) is 4.40. The van der Waals surface area contributed by atoms with E-state index in [0.29, 0.717) is 30.3 Å². The zero-order valence-electron chi connectivity index (χ0n) is 16.4. The predicted molar refractivity (Wildman–Crippen MR) is 110 cm³/mol. The Balaban J connectivity index is 1.42. The van der Waals surface area contributed by atoms with Crippen molar-refractivity contribution in [2.24, 2.45) is 7.05 Å². The lowest BCUT2D eigenvalue weighted by molar-refractivity contribution is 0.0724. The van der Waals surface area contributed by atoms with Gasteiger partial charge >= 0.3 is 0 Å². The quantitative estimate of drug-likeness (QED) is 0.667. The normalized spacial score (nSPS) is 20.1. The number of nitrogens with zero attached hydrogens (tertiary/aromatic N) is 5. The summed E-state index contributed by atoms with van der Waals surface area (Å²) < 4.78 is 15.1. The number of carbonyl (C=O) groups excluding carboxylic acids is 1. The summed E-state index contributed by atoms with van der Waals surface area (Å²) in [6.45, 7) is 1.11. The summed E-state index contributed by atoms with van der Waals surface area (Å²) in [5.74, 6) is 0.0210. The number of anilines is 1. The molecule has 3 aromatic rings. The monoisotopic (exact) mass is 405 g/mol. The van der Waals surface area contributed by atoms with Crippen molar-refractivity contribution in [3.63, 3.8) is 0 Å². The van der Waals surface area contributed by atoms with E-state index in [1.165, 1.54) is 18.2 Å². The molecule has 8 heteroatoms. The van der Waals surface area contributed by atoms with Crippen molar-refractivity contribution in [3.05, 3.63) is 76.6 Å². The zero-order valence-corrected chi connectivity index (χ0v) is 16.4. The molecule has 0 radical (unpaired) electrons. The van der Waals surface area contributed by atoms with Crippen molar-refractivity contribution in [1.29, 1.82) is 0 Å². The smallest absolute Gasteiger partial charge is 0.255 e. The van der Waals surface area contributed by atoms with E-state index in [1.54, 1.807) is 41.0 Å². The minimum absolute atomic E-state index is 0.00671. The molecule has 2 fully saturated rings. The van der Waals surface area contributed by atoms with Gasteiger partial charge in [0, 0.05) is 49.7 Å². The third kappa shape index (κ3) is 3.04. The highest BCUT2D eigenvalue weighted by atomic mass is 19.1. The van der Waals surface area contributed by atoms with Crippen molar-refractivity contribution in [2.75, 3.05) is 18.0 Å². The predicted octanol–water partition coefficient (Wildman–Crippen LogP) is 2.08. The third-order valence-corrected chi connectivity index (χ3v) is 5.92. The van der Waals surface area contributed by atoms with Crippen LogP contribution in [-0.2, 0) is 7.05 Å². The van der Waals surface area contributed by atoms with Gasteiger partial charge in [-0.1, -0.05) is 6.07 Å². The summed E-state index contributed by atoms with van der Waals surface area (Å²) in [6.07, 6.45) is 4.14. The molecule has 7 nitrogen and oxygen atoms in total. The fourth-order valence-corrected chi connectivity index (χ4v) is 4.40. The first-order valence-corrected chi connectivity index (χ1v) is 9.83. The van der Waals surface area contributed by atoms with Gasteiger partial charge in [0.25, 0.3) is 11.5 Å². The first kappa shape index (κ1) is 18.5. The Bertz CT molecular complexity index is 1180. The maximum atomic E-state index is 13.5. The number of rotatable bonds is 3. The van der Waals surface area contributed by atoms with E-state index in [-0.39, 0.29) is 23.6 Å². The number of piperazine rings is 1. The van der Waals surface area contributed by atoms with Crippen molar-refractivity contribution < 1.29 is 9.18 Å². The highest BCUT2D eigenvalue weighted by Crippen LogP contribution is 2.34. The van der Waals surface area contributed by atoms with E-state index < -0.39 is 5.82 Å². The molecule has 2 bridgehead atoms. The standard InChI is InChI=1S/C22H20FN5O2/c1-26-20(29)11-19(14-5-7-24-8-6-14)25-22(26)28-13-17-10-18(28)12-27(17)21(30)15-3-2-4-16(23)9-15/h2-9,11,17-18H,10,12-13H2,1H3/t17-,18?/m0/s1. The van der Waals surface area contributed by atoms with E-state index >= 15 is 0 Å². The number of fused-ring (bicyclic) bond motifs is 2. The van der Waals surface area contributed by atoms with Gasteiger partial charge in [-0.05, 0) is 36.8 Å².